The van der Waals surface area contributed by atoms with Crippen LogP contribution in [0.4, 0.5) is 15.8 Å². The Morgan fingerprint density at radius 2 is 1.30 bits per heavy atom. The Hall–Kier alpha value is -2.56. The Balaban J connectivity index is 0.00000306. The number of amides is 1. The second-order valence-electron chi connectivity index (χ2n) is 8.14. The van der Waals surface area contributed by atoms with Gasteiger partial charge in [0.15, 0.2) is 5.96 Å². The number of para-hydroxylation sites is 1. The molecule has 9 heteroatoms. The maximum absolute atomic E-state index is 13.1. The highest BCUT2D eigenvalue weighted by Crippen LogP contribution is 2.17. The molecule has 178 valence electrons. The van der Waals surface area contributed by atoms with Gasteiger partial charge in [0, 0.05) is 70.2 Å². The lowest BCUT2D eigenvalue weighted by Crippen LogP contribution is -2.51. The molecule has 0 aliphatic carbocycles. The number of hydrogen-bond donors (Lipinski definition) is 1. The monoisotopic (exact) mass is 566 g/mol. The van der Waals surface area contributed by atoms with Crippen LogP contribution in [0.15, 0.2) is 59.6 Å². The van der Waals surface area contributed by atoms with Crippen molar-refractivity contribution in [1.29, 1.82) is 0 Å². The van der Waals surface area contributed by atoms with E-state index in [0.29, 0.717) is 18.9 Å². The summed E-state index contributed by atoms with van der Waals surface area (Å²) in [4.78, 5) is 25.5. The van der Waals surface area contributed by atoms with Gasteiger partial charge >= 0.3 is 0 Å². The van der Waals surface area contributed by atoms with Crippen LogP contribution in [0, 0.1) is 5.82 Å². The van der Waals surface area contributed by atoms with Crippen LogP contribution >= 0.6 is 24.0 Å². The number of nitrogens with two attached hydrogens (primary N) is 1. The molecule has 2 heterocycles. The number of rotatable bonds is 5. The van der Waals surface area contributed by atoms with Crippen LogP contribution < -0.4 is 15.5 Å². The molecule has 0 radical (unpaired) electrons. The summed E-state index contributed by atoms with van der Waals surface area (Å²) in [6, 6.07) is 16.9. The summed E-state index contributed by atoms with van der Waals surface area (Å²) < 4.78 is 13.1. The normalized spacial score (nSPS) is 17.1. The fourth-order valence-electron chi connectivity index (χ4n) is 4.22. The van der Waals surface area contributed by atoms with E-state index in [1.165, 1.54) is 17.8 Å². The molecular formula is C24H32FIN6O. The summed E-state index contributed by atoms with van der Waals surface area (Å²) in [6.07, 6.45) is 0.377. The minimum absolute atomic E-state index is 0. The van der Waals surface area contributed by atoms with E-state index in [0.717, 1.165) is 58.0 Å². The summed E-state index contributed by atoms with van der Waals surface area (Å²) in [5, 5.41) is 0. The van der Waals surface area contributed by atoms with Crippen LogP contribution in [0.3, 0.4) is 0 Å². The first-order valence-corrected chi connectivity index (χ1v) is 11.2. The first kappa shape index (κ1) is 25.1. The Labute approximate surface area is 212 Å². The van der Waals surface area contributed by atoms with Crippen molar-refractivity contribution in [2.75, 3.05) is 68.7 Å². The molecule has 2 saturated heterocycles. The van der Waals surface area contributed by atoms with Gasteiger partial charge < -0.3 is 25.3 Å². The predicted octanol–water partition coefficient (Wildman–Crippen LogP) is 2.62. The third kappa shape index (κ3) is 6.72. The highest BCUT2D eigenvalue weighted by molar-refractivity contribution is 14.0. The molecular weight excluding hydrogens is 534 g/mol. The number of nitrogens with zero attached hydrogens (tertiary/aromatic N) is 5. The zero-order valence-electron chi connectivity index (χ0n) is 18.8. The smallest absolute Gasteiger partial charge is 0.224 e. The van der Waals surface area contributed by atoms with Crippen molar-refractivity contribution in [2.45, 2.75) is 6.42 Å². The molecule has 1 amide bonds. The molecule has 0 aromatic heterocycles. The third-order valence-corrected chi connectivity index (χ3v) is 6.15. The van der Waals surface area contributed by atoms with E-state index in [-0.39, 0.29) is 35.7 Å². The second-order valence-corrected chi connectivity index (χ2v) is 8.14. The number of hydrogen-bond acceptors (Lipinski definition) is 4. The van der Waals surface area contributed by atoms with Crippen molar-refractivity contribution in [1.82, 2.24) is 9.80 Å². The Morgan fingerprint density at radius 3 is 1.88 bits per heavy atom. The van der Waals surface area contributed by atoms with Crippen molar-refractivity contribution in [2.24, 2.45) is 10.7 Å². The molecule has 33 heavy (non-hydrogen) atoms. The lowest BCUT2D eigenvalue weighted by atomic mass is 10.2. The first-order chi connectivity index (χ1) is 15.6. The molecule has 2 aliphatic heterocycles. The topological polar surface area (TPSA) is 68.4 Å². The van der Waals surface area contributed by atoms with Crippen LogP contribution in [-0.4, -0.2) is 80.6 Å². The largest absolute Gasteiger partial charge is 0.370 e. The van der Waals surface area contributed by atoms with E-state index in [4.69, 9.17) is 5.73 Å². The minimum Gasteiger partial charge on any atom is -0.370 e. The SMILES string of the molecule is I.NC(=NCCC(=O)N1CCN(c2ccccc2)CC1)N1CCN(c2ccc(F)cc2)CC1. The molecule has 7 nitrogen and oxygen atoms in total. The summed E-state index contributed by atoms with van der Waals surface area (Å²) in [5.74, 6) is 0.400. The van der Waals surface area contributed by atoms with Crippen molar-refractivity contribution in [3.05, 3.63) is 60.4 Å². The number of carbonyl (C=O) groups is 1. The van der Waals surface area contributed by atoms with Gasteiger partial charge in [-0.05, 0) is 36.4 Å². The number of piperazine rings is 2. The third-order valence-electron chi connectivity index (χ3n) is 6.15. The van der Waals surface area contributed by atoms with Crippen LogP contribution in [0.1, 0.15) is 6.42 Å². The van der Waals surface area contributed by atoms with E-state index in [9.17, 15) is 9.18 Å². The summed E-state index contributed by atoms with van der Waals surface area (Å²) in [5.41, 5.74) is 8.39. The molecule has 2 N–H and O–H groups in total. The molecule has 0 unspecified atom stereocenters. The van der Waals surface area contributed by atoms with Gasteiger partial charge in [-0.2, -0.15) is 0 Å². The molecule has 4 rings (SSSR count). The summed E-state index contributed by atoms with van der Waals surface area (Å²) >= 11 is 0. The van der Waals surface area contributed by atoms with Gasteiger partial charge in [-0.15, -0.1) is 24.0 Å². The standard InChI is InChI=1S/C24H31FN6O.HI/c25-20-6-8-22(9-7-20)29-14-18-31(19-15-29)24(26)27-11-10-23(32)30-16-12-28(13-17-30)21-4-2-1-3-5-21;/h1-9H,10-19H2,(H2,26,27);1H. The molecule has 0 bridgehead atoms. The predicted molar refractivity (Wildman–Crippen MR) is 142 cm³/mol. The number of carbonyl (C=O) groups excluding carboxylic acids is 1. The lowest BCUT2D eigenvalue weighted by molar-refractivity contribution is -0.131. The lowest BCUT2D eigenvalue weighted by Gasteiger charge is -2.37. The highest BCUT2D eigenvalue weighted by Gasteiger charge is 2.21. The van der Waals surface area contributed by atoms with E-state index >= 15 is 0 Å². The fourth-order valence-corrected chi connectivity index (χ4v) is 4.22. The van der Waals surface area contributed by atoms with E-state index in [1.807, 2.05) is 28.0 Å². The number of guanidine groups is 1. The first-order valence-electron chi connectivity index (χ1n) is 11.2. The van der Waals surface area contributed by atoms with Crippen LogP contribution in [0.5, 0.6) is 0 Å². The van der Waals surface area contributed by atoms with Crippen LogP contribution in [-0.2, 0) is 4.79 Å². The minimum atomic E-state index is -0.226. The van der Waals surface area contributed by atoms with Gasteiger partial charge in [0.2, 0.25) is 5.91 Å². The molecule has 0 spiro atoms. The fraction of sp³-hybridized carbons (Fsp3) is 0.417. The van der Waals surface area contributed by atoms with Gasteiger partial charge in [0.1, 0.15) is 5.82 Å². The van der Waals surface area contributed by atoms with Gasteiger partial charge in [0.05, 0.1) is 6.54 Å². The Bertz CT molecular complexity index is 910. The average molecular weight is 566 g/mol. The van der Waals surface area contributed by atoms with Crippen molar-refractivity contribution in [3.63, 3.8) is 0 Å². The highest BCUT2D eigenvalue weighted by atomic mass is 127. The second kappa shape index (κ2) is 12.1. The van der Waals surface area contributed by atoms with Gasteiger partial charge in [-0.25, -0.2) is 4.39 Å². The van der Waals surface area contributed by atoms with E-state index < -0.39 is 0 Å². The van der Waals surface area contributed by atoms with Gasteiger partial charge in [-0.1, -0.05) is 18.2 Å². The maximum atomic E-state index is 13.1. The number of anilines is 2. The van der Waals surface area contributed by atoms with Crippen molar-refractivity contribution >= 4 is 47.2 Å². The van der Waals surface area contributed by atoms with Crippen molar-refractivity contribution in [3.8, 4) is 0 Å². The molecule has 0 saturated carbocycles. The molecule has 2 aromatic carbocycles. The van der Waals surface area contributed by atoms with Gasteiger partial charge in [-0.3, -0.25) is 9.79 Å². The Kier molecular flexibility index (Phi) is 9.16. The van der Waals surface area contributed by atoms with E-state index in [2.05, 4.69) is 26.9 Å². The number of benzene rings is 2. The molecule has 2 aliphatic rings. The average Bonchev–Trinajstić information content (AvgIpc) is 2.85. The molecule has 2 fully saturated rings. The maximum Gasteiger partial charge on any atom is 0.224 e. The summed E-state index contributed by atoms with van der Waals surface area (Å²) in [6.45, 7) is 6.67. The summed E-state index contributed by atoms with van der Waals surface area (Å²) in [7, 11) is 0. The van der Waals surface area contributed by atoms with Crippen molar-refractivity contribution < 1.29 is 9.18 Å². The van der Waals surface area contributed by atoms with Crippen LogP contribution in [0.25, 0.3) is 0 Å². The van der Waals surface area contributed by atoms with Crippen LogP contribution in [0.2, 0.25) is 0 Å². The quantitative estimate of drug-likeness (QED) is 0.343. The Morgan fingerprint density at radius 1 is 0.788 bits per heavy atom. The molecule has 2 aromatic rings. The molecule has 0 atom stereocenters. The number of aliphatic imine (C=N–C) groups is 1. The zero-order chi connectivity index (χ0) is 22.3. The number of halogens is 2. The van der Waals surface area contributed by atoms with Gasteiger partial charge in [0.25, 0.3) is 0 Å². The zero-order valence-corrected chi connectivity index (χ0v) is 21.1. The van der Waals surface area contributed by atoms with E-state index in [1.54, 1.807) is 12.1 Å².